The predicted molar refractivity (Wildman–Crippen MR) is 87.2 cm³/mol. The highest BCUT2D eigenvalue weighted by atomic mass is 16.5. The van der Waals surface area contributed by atoms with Crippen LogP contribution in [0.25, 0.3) is 10.9 Å². The maximum atomic E-state index is 11.6. The SMILES string of the molecule is COC(=O)Cc1cc(N2CCN(C)CC2)c2ccccc2n1. The standard InChI is InChI=1S/C17H21N3O2/c1-19-7-9-20(10-8-19)16-11-13(12-17(21)22-2)18-15-6-4-3-5-14(15)16/h3-6,11H,7-10,12H2,1-2H3. The van der Waals surface area contributed by atoms with Gasteiger partial charge in [-0.3, -0.25) is 9.78 Å². The molecular weight excluding hydrogens is 278 g/mol. The van der Waals surface area contributed by atoms with E-state index in [0.717, 1.165) is 48.5 Å². The molecule has 5 nitrogen and oxygen atoms in total. The van der Waals surface area contributed by atoms with Gasteiger partial charge in [0.25, 0.3) is 0 Å². The molecule has 0 unspecified atom stereocenters. The van der Waals surface area contributed by atoms with Gasteiger partial charge in [-0.25, -0.2) is 0 Å². The van der Waals surface area contributed by atoms with Crippen molar-refractivity contribution in [3.63, 3.8) is 0 Å². The van der Waals surface area contributed by atoms with Gasteiger partial charge in [-0.05, 0) is 19.2 Å². The Bertz CT molecular complexity index is 679. The van der Waals surface area contributed by atoms with Gasteiger partial charge in [-0.1, -0.05) is 18.2 Å². The fourth-order valence-corrected chi connectivity index (χ4v) is 2.83. The Balaban J connectivity index is 2.00. The molecule has 0 spiro atoms. The number of hydrogen-bond donors (Lipinski definition) is 0. The molecule has 0 amide bonds. The van der Waals surface area contributed by atoms with Gasteiger partial charge in [0, 0.05) is 37.3 Å². The molecule has 0 N–H and O–H groups in total. The average Bonchev–Trinajstić information content (AvgIpc) is 2.55. The van der Waals surface area contributed by atoms with E-state index in [2.05, 4.69) is 27.9 Å². The summed E-state index contributed by atoms with van der Waals surface area (Å²) in [6.45, 7) is 4.07. The number of fused-ring (bicyclic) bond motifs is 1. The summed E-state index contributed by atoms with van der Waals surface area (Å²) in [6.07, 6.45) is 0.210. The van der Waals surface area contributed by atoms with E-state index >= 15 is 0 Å². The van der Waals surface area contributed by atoms with E-state index in [9.17, 15) is 4.79 Å². The Kier molecular flexibility index (Phi) is 4.24. The van der Waals surface area contributed by atoms with Crippen molar-refractivity contribution in [3.8, 4) is 0 Å². The highest BCUT2D eigenvalue weighted by molar-refractivity contribution is 5.92. The summed E-state index contributed by atoms with van der Waals surface area (Å²) >= 11 is 0. The Morgan fingerprint density at radius 3 is 2.68 bits per heavy atom. The van der Waals surface area contributed by atoms with Crippen molar-refractivity contribution in [1.29, 1.82) is 0 Å². The van der Waals surface area contributed by atoms with Crippen LogP contribution in [0.1, 0.15) is 5.69 Å². The van der Waals surface area contributed by atoms with Crippen LogP contribution in [-0.2, 0) is 16.0 Å². The van der Waals surface area contributed by atoms with Crippen LogP contribution in [0.4, 0.5) is 5.69 Å². The minimum Gasteiger partial charge on any atom is -0.469 e. The first-order valence-electron chi connectivity index (χ1n) is 7.56. The molecule has 5 heteroatoms. The van der Waals surface area contributed by atoms with Crippen molar-refractivity contribution in [3.05, 3.63) is 36.0 Å². The second-order valence-electron chi connectivity index (χ2n) is 5.69. The number of hydrogen-bond acceptors (Lipinski definition) is 5. The van der Waals surface area contributed by atoms with Crippen molar-refractivity contribution >= 4 is 22.6 Å². The maximum absolute atomic E-state index is 11.6. The molecule has 0 bridgehead atoms. The molecule has 1 aromatic heterocycles. The summed E-state index contributed by atoms with van der Waals surface area (Å²) in [5.41, 5.74) is 2.86. The number of carbonyl (C=O) groups excluding carboxylic acids is 1. The molecule has 1 fully saturated rings. The lowest BCUT2D eigenvalue weighted by molar-refractivity contribution is -0.139. The number of pyridine rings is 1. The lowest BCUT2D eigenvalue weighted by atomic mass is 10.1. The van der Waals surface area contributed by atoms with E-state index in [1.165, 1.54) is 7.11 Å². The summed E-state index contributed by atoms with van der Waals surface area (Å²) in [4.78, 5) is 20.9. The minimum atomic E-state index is -0.257. The number of likely N-dealkylation sites (N-methyl/N-ethyl adjacent to an activating group) is 1. The topological polar surface area (TPSA) is 45.7 Å². The number of anilines is 1. The summed E-state index contributed by atoms with van der Waals surface area (Å²) < 4.78 is 4.77. The smallest absolute Gasteiger partial charge is 0.311 e. The Morgan fingerprint density at radius 2 is 1.95 bits per heavy atom. The molecule has 22 heavy (non-hydrogen) atoms. The number of ether oxygens (including phenoxy) is 1. The second kappa shape index (κ2) is 6.32. The molecule has 0 aliphatic carbocycles. The van der Waals surface area contributed by atoms with Gasteiger partial charge >= 0.3 is 5.97 Å². The second-order valence-corrected chi connectivity index (χ2v) is 5.69. The molecule has 1 aliphatic heterocycles. The highest BCUT2D eigenvalue weighted by Crippen LogP contribution is 2.27. The van der Waals surface area contributed by atoms with E-state index in [-0.39, 0.29) is 12.4 Å². The van der Waals surface area contributed by atoms with Crippen molar-refractivity contribution in [2.75, 3.05) is 45.2 Å². The molecular formula is C17H21N3O2. The van der Waals surface area contributed by atoms with Crippen molar-refractivity contribution in [1.82, 2.24) is 9.88 Å². The predicted octanol–water partition coefficient (Wildman–Crippen LogP) is 1.70. The maximum Gasteiger partial charge on any atom is 0.311 e. The molecule has 0 radical (unpaired) electrons. The van der Waals surface area contributed by atoms with Gasteiger partial charge in [0.1, 0.15) is 0 Å². The molecule has 2 heterocycles. The minimum absolute atomic E-state index is 0.210. The van der Waals surface area contributed by atoms with Gasteiger partial charge in [0.15, 0.2) is 0 Å². The zero-order chi connectivity index (χ0) is 15.5. The molecule has 0 saturated carbocycles. The van der Waals surface area contributed by atoms with Crippen LogP contribution in [0.2, 0.25) is 0 Å². The number of carbonyl (C=O) groups is 1. The molecule has 1 aliphatic rings. The van der Waals surface area contributed by atoms with Gasteiger partial charge in [-0.2, -0.15) is 0 Å². The first kappa shape index (κ1) is 14.8. The van der Waals surface area contributed by atoms with Crippen LogP contribution in [0.3, 0.4) is 0 Å². The van der Waals surface area contributed by atoms with Gasteiger partial charge < -0.3 is 14.5 Å². The third-order valence-corrected chi connectivity index (χ3v) is 4.14. The summed E-state index contributed by atoms with van der Waals surface area (Å²) in [6, 6.07) is 10.1. The van der Waals surface area contributed by atoms with E-state index in [0.29, 0.717) is 0 Å². The Hall–Kier alpha value is -2.14. The van der Waals surface area contributed by atoms with Crippen molar-refractivity contribution in [2.45, 2.75) is 6.42 Å². The van der Waals surface area contributed by atoms with Gasteiger partial charge in [-0.15, -0.1) is 0 Å². The van der Waals surface area contributed by atoms with E-state index in [4.69, 9.17) is 4.74 Å². The number of para-hydroxylation sites is 1. The van der Waals surface area contributed by atoms with Crippen LogP contribution in [0.5, 0.6) is 0 Å². The van der Waals surface area contributed by atoms with E-state index < -0.39 is 0 Å². The number of esters is 1. The summed E-state index contributed by atoms with van der Waals surface area (Å²) in [5, 5.41) is 1.14. The third-order valence-electron chi connectivity index (χ3n) is 4.14. The summed E-state index contributed by atoms with van der Waals surface area (Å²) in [5.74, 6) is -0.257. The summed E-state index contributed by atoms with van der Waals surface area (Å²) in [7, 11) is 3.55. The zero-order valence-corrected chi connectivity index (χ0v) is 13.1. The van der Waals surface area contributed by atoms with E-state index in [1.807, 2.05) is 24.3 Å². The van der Waals surface area contributed by atoms with Crippen LogP contribution >= 0.6 is 0 Å². The quantitative estimate of drug-likeness (QED) is 0.807. The van der Waals surface area contributed by atoms with Crippen LogP contribution < -0.4 is 4.90 Å². The fraction of sp³-hybridized carbons (Fsp3) is 0.412. The number of methoxy groups -OCH3 is 1. The largest absolute Gasteiger partial charge is 0.469 e. The number of benzene rings is 1. The molecule has 116 valence electrons. The highest BCUT2D eigenvalue weighted by Gasteiger charge is 2.18. The zero-order valence-electron chi connectivity index (χ0n) is 13.1. The van der Waals surface area contributed by atoms with Crippen LogP contribution in [0.15, 0.2) is 30.3 Å². The van der Waals surface area contributed by atoms with Gasteiger partial charge in [0.2, 0.25) is 0 Å². The first-order valence-corrected chi connectivity index (χ1v) is 7.56. The lowest BCUT2D eigenvalue weighted by Crippen LogP contribution is -2.44. The van der Waals surface area contributed by atoms with Crippen molar-refractivity contribution in [2.24, 2.45) is 0 Å². The number of rotatable bonds is 3. The number of piperazine rings is 1. The van der Waals surface area contributed by atoms with E-state index in [1.54, 1.807) is 0 Å². The lowest BCUT2D eigenvalue weighted by Gasteiger charge is -2.34. The average molecular weight is 299 g/mol. The Morgan fingerprint density at radius 1 is 1.23 bits per heavy atom. The first-order chi connectivity index (χ1) is 10.7. The third kappa shape index (κ3) is 3.04. The molecule has 3 rings (SSSR count). The Labute approximate surface area is 130 Å². The fourth-order valence-electron chi connectivity index (χ4n) is 2.83. The number of nitrogens with zero attached hydrogens (tertiary/aromatic N) is 3. The normalized spacial score (nSPS) is 16.0. The molecule has 1 saturated heterocycles. The van der Waals surface area contributed by atoms with Crippen LogP contribution in [0, 0.1) is 0 Å². The molecule has 1 aromatic carbocycles. The monoisotopic (exact) mass is 299 g/mol. The van der Waals surface area contributed by atoms with Crippen LogP contribution in [-0.4, -0.2) is 56.2 Å². The molecule has 2 aromatic rings. The molecule has 0 atom stereocenters. The van der Waals surface area contributed by atoms with Gasteiger partial charge in [0.05, 0.1) is 24.7 Å². The van der Waals surface area contributed by atoms with Crippen molar-refractivity contribution < 1.29 is 9.53 Å². The number of aromatic nitrogens is 1.